The van der Waals surface area contributed by atoms with Crippen molar-refractivity contribution in [2.75, 3.05) is 18.9 Å². The number of benzene rings is 1. The Labute approximate surface area is 175 Å². The van der Waals surface area contributed by atoms with E-state index < -0.39 is 6.04 Å². The van der Waals surface area contributed by atoms with E-state index in [1.54, 1.807) is 31.0 Å². The molecule has 1 saturated heterocycles. The zero-order valence-corrected chi connectivity index (χ0v) is 17.6. The van der Waals surface area contributed by atoms with Gasteiger partial charge in [0.15, 0.2) is 11.6 Å². The lowest BCUT2D eigenvalue weighted by Gasteiger charge is -2.16. The van der Waals surface area contributed by atoms with Crippen molar-refractivity contribution in [1.29, 1.82) is 0 Å². The van der Waals surface area contributed by atoms with Crippen LogP contribution in [0.1, 0.15) is 44.7 Å². The van der Waals surface area contributed by atoms with Crippen LogP contribution < -0.4 is 14.8 Å². The Morgan fingerprint density at radius 1 is 1.38 bits per heavy atom. The molecule has 3 amide bonds. The van der Waals surface area contributed by atoms with Gasteiger partial charge in [0.2, 0.25) is 0 Å². The fourth-order valence-corrected chi connectivity index (χ4v) is 3.67. The summed E-state index contributed by atoms with van der Waals surface area (Å²) in [6.07, 6.45) is 7.09. The number of carbonyl (C=O) groups excluding carboxylic acids is 2. The third-order valence-corrected chi connectivity index (χ3v) is 6.04. The average Bonchev–Trinajstić information content (AvgIpc) is 3.49. The second-order valence-corrected chi connectivity index (χ2v) is 8.45. The van der Waals surface area contributed by atoms with Crippen molar-refractivity contribution in [2.45, 2.75) is 45.2 Å². The molecule has 2 unspecified atom stereocenters. The van der Waals surface area contributed by atoms with Crippen LogP contribution in [0.25, 0.3) is 0 Å². The molecule has 1 saturated carbocycles. The predicted molar refractivity (Wildman–Crippen MR) is 112 cm³/mol. The molecule has 0 radical (unpaired) electrons. The van der Waals surface area contributed by atoms with E-state index in [0.717, 1.165) is 17.7 Å². The van der Waals surface area contributed by atoms with E-state index in [2.05, 4.69) is 10.0 Å². The minimum absolute atomic E-state index is 0.0630. The number of carbonyl (C=O) groups is 2. The minimum atomic E-state index is -0.419. The molecule has 6 nitrogen and oxygen atoms in total. The number of halogens is 1. The van der Waals surface area contributed by atoms with E-state index in [1.807, 2.05) is 19.1 Å². The maximum atomic E-state index is 13.9. The summed E-state index contributed by atoms with van der Waals surface area (Å²) < 4.78 is 22.9. The van der Waals surface area contributed by atoms with Gasteiger partial charge in [-0.1, -0.05) is 30.2 Å². The standard InChI is InChI=1S/C21H28FN3O3S/c1-14(17-8-9-18(22)19(12-17)28-13-16-6-7-16)24-29-11-5-3-4-10-25-15(2)20(26)23-21(25)27/h3-4,8-9,12,14-16,24H,5-7,10-11,13H2,1-2H3,(H,23,26,27)/b4-3+. The van der Waals surface area contributed by atoms with Crippen LogP contribution in [0.2, 0.25) is 0 Å². The number of hydrogen-bond donors (Lipinski definition) is 2. The van der Waals surface area contributed by atoms with Crippen molar-refractivity contribution in [2.24, 2.45) is 5.92 Å². The van der Waals surface area contributed by atoms with Gasteiger partial charge in [-0.2, -0.15) is 0 Å². The molecule has 1 heterocycles. The van der Waals surface area contributed by atoms with E-state index in [9.17, 15) is 14.0 Å². The number of imide groups is 1. The summed E-state index contributed by atoms with van der Waals surface area (Å²) in [4.78, 5) is 24.5. The number of ether oxygens (including phenoxy) is 1. The highest BCUT2D eigenvalue weighted by Crippen LogP contribution is 2.31. The highest BCUT2D eigenvalue weighted by atomic mass is 32.2. The monoisotopic (exact) mass is 421 g/mol. The first-order valence-electron chi connectivity index (χ1n) is 10.0. The van der Waals surface area contributed by atoms with Crippen LogP contribution >= 0.6 is 11.9 Å². The molecule has 158 valence electrons. The number of nitrogens with one attached hydrogen (secondary N) is 2. The molecule has 3 rings (SSSR count). The highest BCUT2D eigenvalue weighted by molar-refractivity contribution is 7.97. The Bertz CT molecular complexity index is 770. The van der Waals surface area contributed by atoms with Gasteiger partial charge in [0.1, 0.15) is 6.04 Å². The smallest absolute Gasteiger partial charge is 0.325 e. The molecule has 2 atom stereocenters. The van der Waals surface area contributed by atoms with Crippen molar-refractivity contribution < 1.29 is 18.7 Å². The van der Waals surface area contributed by atoms with Crippen molar-refractivity contribution >= 4 is 23.9 Å². The number of hydrogen-bond acceptors (Lipinski definition) is 5. The van der Waals surface area contributed by atoms with Gasteiger partial charge in [-0.05, 0) is 56.7 Å². The van der Waals surface area contributed by atoms with Crippen molar-refractivity contribution in [3.63, 3.8) is 0 Å². The first kappa shape index (κ1) is 21.6. The number of rotatable bonds is 11. The summed E-state index contributed by atoms with van der Waals surface area (Å²) in [6, 6.07) is 4.33. The highest BCUT2D eigenvalue weighted by Gasteiger charge is 2.33. The molecular formula is C21H28FN3O3S. The van der Waals surface area contributed by atoms with Crippen LogP contribution in [0.4, 0.5) is 9.18 Å². The molecule has 2 aliphatic rings. The van der Waals surface area contributed by atoms with Gasteiger partial charge in [-0.3, -0.25) is 14.8 Å². The van der Waals surface area contributed by atoms with Gasteiger partial charge in [0, 0.05) is 18.3 Å². The largest absolute Gasteiger partial charge is 0.490 e. The molecule has 1 aliphatic heterocycles. The van der Waals surface area contributed by atoms with Gasteiger partial charge in [0.05, 0.1) is 6.61 Å². The van der Waals surface area contributed by atoms with Crippen molar-refractivity contribution in [1.82, 2.24) is 14.9 Å². The van der Waals surface area contributed by atoms with Crippen LogP contribution in [-0.4, -0.2) is 41.8 Å². The van der Waals surface area contributed by atoms with Crippen LogP contribution in [-0.2, 0) is 4.79 Å². The summed E-state index contributed by atoms with van der Waals surface area (Å²) in [5, 5.41) is 2.30. The molecule has 1 aromatic rings. The van der Waals surface area contributed by atoms with Gasteiger partial charge < -0.3 is 9.64 Å². The zero-order valence-electron chi connectivity index (χ0n) is 16.8. The predicted octanol–water partition coefficient (Wildman–Crippen LogP) is 3.80. The number of allylic oxidation sites excluding steroid dienone is 1. The second kappa shape index (κ2) is 10.1. The Balaban J connectivity index is 1.35. The first-order valence-corrected chi connectivity index (χ1v) is 11.0. The van der Waals surface area contributed by atoms with Gasteiger partial charge in [-0.15, -0.1) is 0 Å². The molecule has 0 aromatic heterocycles. The summed E-state index contributed by atoms with van der Waals surface area (Å²) in [6.45, 7) is 4.76. The van der Waals surface area contributed by atoms with Gasteiger partial charge in [0.25, 0.3) is 5.91 Å². The van der Waals surface area contributed by atoms with Crippen LogP contribution in [0.5, 0.6) is 5.75 Å². The second-order valence-electron chi connectivity index (χ2n) is 7.52. The molecule has 1 aromatic carbocycles. The average molecular weight is 422 g/mol. The molecule has 2 N–H and O–H groups in total. The summed E-state index contributed by atoms with van der Waals surface area (Å²) >= 11 is 1.60. The fraction of sp³-hybridized carbons (Fsp3) is 0.524. The lowest BCUT2D eigenvalue weighted by Crippen LogP contribution is -2.32. The van der Waals surface area contributed by atoms with Gasteiger partial charge in [-0.25, -0.2) is 9.18 Å². The third-order valence-electron chi connectivity index (χ3n) is 5.08. The first-order chi connectivity index (χ1) is 14.0. The van der Waals surface area contributed by atoms with E-state index in [1.165, 1.54) is 23.8 Å². The van der Waals surface area contributed by atoms with E-state index in [-0.39, 0.29) is 23.8 Å². The number of amides is 3. The minimum Gasteiger partial charge on any atom is -0.490 e. The van der Waals surface area contributed by atoms with Crippen molar-refractivity contribution in [3.8, 4) is 5.75 Å². The van der Waals surface area contributed by atoms with Crippen LogP contribution in [0, 0.1) is 11.7 Å². The Hall–Kier alpha value is -2.06. The van der Waals surface area contributed by atoms with Gasteiger partial charge >= 0.3 is 6.03 Å². The quantitative estimate of drug-likeness (QED) is 0.246. The molecule has 29 heavy (non-hydrogen) atoms. The molecule has 1 aliphatic carbocycles. The van der Waals surface area contributed by atoms with E-state index in [0.29, 0.717) is 24.8 Å². The summed E-state index contributed by atoms with van der Waals surface area (Å²) in [5.74, 6) is 1.20. The lowest BCUT2D eigenvalue weighted by atomic mass is 10.1. The Morgan fingerprint density at radius 2 is 2.17 bits per heavy atom. The molecule has 8 heteroatoms. The van der Waals surface area contributed by atoms with E-state index in [4.69, 9.17) is 4.74 Å². The maximum Gasteiger partial charge on any atom is 0.325 e. The molecule has 0 bridgehead atoms. The Morgan fingerprint density at radius 3 is 2.86 bits per heavy atom. The SMILES string of the molecule is CC(NSCC/C=C/CN1C(=O)NC(=O)C1C)c1ccc(F)c(OCC2CC2)c1. The van der Waals surface area contributed by atoms with Crippen molar-refractivity contribution in [3.05, 3.63) is 41.7 Å². The maximum absolute atomic E-state index is 13.9. The van der Waals surface area contributed by atoms with Crippen LogP contribution in [0.3, 0.4) is 0 Å². The third kappa shape index (κ3) is 6.21. The molecule has 2 fully saturated rings. The fourth-order valence-electron chi connectivity index (χ4n) is 2.92. The molecular weight excluding hydrogens is 393 g/mol. The summed E-state index contributed by atoms with van der Waals surface area (Å²) in [7, 11) is 0. The zero-order chi connectivity index (χ0) is 20.8. The molecule has 0 spiro atoms. The lowest BCUT2D eigenvalue weighted by molar-refractivity contribution is -0.120. The number of nitrogens with zero attached hydrogens (tertiary/aromatic N) is 1. The Kier molecular flexibility index (Phi) is 7.55. The normalized spacial score (nSPS) is 20.4. The number of urea groups is 1. The topological polar surface area (TPSA) is 70.7 Å². The van der Waals surface area contributed by atoms with E-state index >= 15 is 0 Å². The summed E-state index contributed by atoms with van der Waals surface area (Å²) in [5.41, 5.74) is 0.985. The van der Waals surface area contributed by atoms with Crippen LogP contribution in [0.15, 0.2) is 30.4 Å².